The second-order valence-electron chi connectivity index (χ2n) is 7.40. The average molecular weight is 450 g/mol. The van der Waals surface area contributed by atoms with Crippen LogP contribution in [0.25, 0.3) is 0 Å². The van der Waals surface area contributed by atoms with Gasteiger partial charge in [-0.3, -0.25) is 9.59 Å². The number of nitrogens with zero attached hydrogens (tertiary/aromatic N) is 3. The van der Waals surface area contributed by atoms with Crippen LogP contribution in [0.5, 0.6) is 0 Å². The summed E-state index contributed by atoms with van der Waals surface area (Å²) < 4.78 is 1.86. The number of thioether (sulfide) groups is 1. The highest BCUT2D eigenvalue weighted by Gasteiger charge is 2.21. The molecule has 2 amide bonds. The van der Waals surface area contributed by atoms with Gasteiger partial charge in [-0.15, -0.1) is 16.8 Å². The lowest BCUT2D eigenvalue weighted by Gasteiger charge is -2.16. The van der Waals surface area contributed by atoms with Gasteiger partial charge in [0.1, 0.15) is 0 Å². The van der Waals surface area contributed by atoms with Crippen molar-refractivity contribution in [3.8, 4) is 0 Å². The van der Waals surface area contributed by atoms with Gasteiger partial charge in [0.2, 0.25) is 5.91 Å². The Labute approximate surface area is 192 Å². The molecule has 0 aliphatic heterocycles. The van der Waals surface area contributed by atoms with E-state index in [2.05, 4.69) is 27.4 Å². The van der Waals surface area contributed by atoms with Gasteiger partial charge in [0.15, 0.2) is 11.0 Å². The van der Waals surface area contributed by atoms with Gasteiger partial charge in [-0.25, -0.2) is 0 Å². The first-order valence-corrected chi connectivity index (χ1v) is 11.3. The molecule has 166 valence electrons. The zero-order valence-electron chi connectivity index (χ0n) is 18.5. The third-order valence-electron chi connectivity index (χ3n) is 4.93. The fourth-order valence-corrected chi connectivity index (χ4v) is 3.98. The third-order valence-corrected chi connectivity index (χ3v) is 5.90. The zero-order valence-corrected chi connectivity index (χ0v) is 19.3. The van der Waals surface area contributed by atoms with E-state index in [1.807, 2.05) is 67.8 Å². The topological polar surface area (TPSA) is 88.9 Å². The molecule has 0 spiro atoms. The van der Waals surface area contributed by atoms with E-state index in [9.17, 15) is 9.59 Å². The molecule has 1 aromatic heterocycles. The number of nitrogens with one attached hydrogen (secondary N) is 2. The van der Waals surface area contributed by atoms with E-state index >= 15 is 0 Å². The van der Waals surface area contributed by atoms with Crippen LogP contribution < -0.4 is 10.6 Å². The van der Waals surface area contributed by atoms with Crippen LogP contribution in [0.15, 0.2) is 66.3 Å². The van der Waals surface area contributed by atoms with Crippen molar-refractivity contribution in [3.05, 3.63) is 83.7 Å². The lowest BCUT2D eigenvalue weighted by atomic mass is 10.1. The monoisotopic (exact) mass is 449 g/mol. The number of hydrogen-bond donors (Lipinski definition) is 2. The Hall–Kier alpha value is -3.39. The van der Waals surface area contributed by atoms with Gasteiger partial charge in [-0.2, -0.15) is 0 Å². The van der Waals surface area contributed by atoms with Crippen LogP contribution in [0, 0.1) is 13.8 Å². The van der Waals surface area contributed by atoms with Crippen molar-refractivity contribution in [2.45, 2.75) is 38.5 Å². The van der Waals surface area contributed by atoms with Crippen LogP contribution >= 0.6 is 11.8 Å². The highest BCUT2D eigenvalue weighted by atomic mass is 32.2. The number of aromatic nitrogens is 3. The summed E-state index contributed by atoms with van der Waals surface area (Å²) in [5.74, 6) is 0.497. The van der Waals surface area contributed by atoms with Gasteiger partial charge >= 0.3 is 0 Å². The molecule has 0 saturated carbocycles. The number of hydrogen-bond acceptors (Lipinski definition) is 5. The summed E-state index contributed by atoms with van der Waals surface area (Å²) in [7, 11) is 0. The maximum absolute atomic E-state index is 12.7. The minimum Gasteiger partial charge on any atom is -0.342 e. The number of rotatable bonds is 9. The summed E-state index contributed by atoms with van der Waals surface area (Å²) in [4.78, 5) is 25.1. The standard InChI is InChI=1S/C24H27N5O2S/c1-5-14-29-22(18(4)25-23(31)19-12-8-6-10-16(19)2)27-28-24(29)32-15-21(30)26-20-13-9-7-11-17(20)3/h5-13,18H,1,14-15H2,2-4H3,(H,25,31)(H,26,30). The van der Waals surface area contributed by atoms with E-state index in [0.29, 0.717) is 23.1 Å². The number of carbonyl (C=O) groups excluding carboxylic acids is 2. The maximum atomic E-state index is 12.7. The number of allylic oxidation sites excluding steroid dienone is 1. The molecule has 0 bridgehead atoms. The molecule has 2 aromatic carbocycles. The van der Waals surface area contributed by atoms with Crippen molar-refractivity contribution >= 4 is 29.3 Å². The van der Waals surface area contributed by atoms with Crippen LogP contribution in [0.2, 0.25) is 0 Å². The van der Waals surface area contributed by atoms with Gasteiger partial charge < -0.3 is 15.2 Å². The Morgan fingerprint density at radius 1 is 1.09 bits per heavy atom. The summed E-state index contributed by atoms with van der Waals surface area (Å²) in [6.07, 6.45) is 1.74. The number of anilines is 1. The van der Waals surface area contributed by atoms with Gasteiger partial charge in [0.05, 0.1) is 11.8 Å². The number of benzene rings is 2. The molecule has 8 heteroatoms. The molecule has 1 heterocycles. The summed E-state index contributed by atoms with van der Waals surface area (Å²) in [6.45, 7) is 9.98. The Morgan fingerprint density at radius 3 is 2.47 bits per heavy atom. The fourth-order valence-electron chi connectivity index (χ4n) is 3.22. The lowest BCUT2D eigenvalue weighted by Crippen LogP contribution is -2.29. The van der Waals surface area contributed by atoms with Crippen molar-refractivity contribution in [1.82, 2.24) is 20.1 Å². The predicted molar refractivity (Wildman–Crippen MR) is 128 cm³/mol. The molecule has 3 aromatic rings. The van der Waals surface area contributed by atoms with E-state index < -0.39 is 0 Å². The van der Waals surface area contributed by atoms with Crippen LogP contribution in [-0.4, -0.2) is 32.3 Å². The normalized spacial score (nSPS) is 11.6. The van der Waals surface area contributed by atoms with Crippen LogP contribution in [0.4, 0.5) is 5.69 Å². The molecule has 0 aliphatic rings. The minimum atomic E-state index is -0.371. The van der Waals surface area contributed by atoms with Gasteiger partial charge in [0, 0.05) is 17.8 Å². The minimum absolute atomic E-state index is 0.125. The molecule has 32 heavy (non-hydrogen) atoms. The molecule has 3 rings (SSSR count). The van der Waals surface area contributed by atoms with E-state index in [1.165, 1.54) is 11.8 Å². The molecule has 7 nitrogen and oxygen atoms in total. The Kier molecular flexibility index (Phi) is 7.83. The van der Waals surface area contributed by atoms with E-state index in [4.69, 9.17) is 0 Å². The molecule has 0 radical (unpaired) electrons. The van der Waals surface area contributed by atoms with Gasteiger partial charge in [-0.1, -0.05) is 54.2 Å². The molecular formula is C24H27N5O2S. The number of amides is 2. The van der Waals surface area contributed by atoms with Crippen LogP contribution in [-0.2, 0) is 11.3 Å². The smallest absolute Gasteiger partial charge is 0.252 e. The second-order valence-corrected chi connectivity index (χ2v) is 8.34. The van der Waals surface area contributed by atoms with E-state index in [1.54, 1.807) is 12.1 Å². The van der Waals surface area contributed by atoms with Crippen molar-refractivity contribution in [2.24, 2.45) is 0 Å². The van der Waals surface area contributed by atoms with Crippen molar-refractivity contribution in [1.29, 1.82) is 0 Å². The average Bonchev–Trinajstić information content (AvgIpc) is 3.17. The fraction of sp³-hybridized carbons (Fsp3) is 0.250. The SMILES string of the molecule is C=CCn1c(SCC(=O)Nc2ccccc2C)nnc1C(C)NC(=O)c1ccccc1C. The second kappa shape index (κ2) is 10.8. The molecule has 0 fully saturated rings. The largest absolute Gasteiger partial charge is 0.342 e. The van der Waals surface area contributed by atoms with Crippen molar-refractivity contribution in [3.63, 3.8) is 0 Å². The quantitative estimate of drug-likeness (QED) is 0.376. The van der Waals surface area contributed by atoms with Crippen LogP contribution in [0.3, 0.4) is 0 Å². The molecular weight excluding hydrogens is 422 g/mol. The number of carbonyl (C=O) groups is 2. The number of para-hydroxylation sites is 1. The molecule has 1 unspecified atom stereocenters. The highest BCUT2D eigenvalue weighted by molar-refractivity contribution is 7.99. The Morgan fingerprint density at radius 2 is 1.78 bits per heavy atom. The first-order chi connectivity index (χ1) is 15.4. The Bertz CT molecular complexity index is 1130. The third kappa shape index (κ3) is 5.64. The summed E-state index contributed by atoms with van der Waals surface area (Å²) in [6, 6.07) is 14.7. The van der Waals surface area contributed by atoms with E-state index in [0.717, 1.165) is 16.8 Å². The zero-order chi connectivity index (χ0) is 23.1. The summed E-state index contributed by atoms with van der Waals surface area (Å²) in [5, 5.41) is 15.0. The van der Waals surface area contributed by atoms with Gasteiger partial charge in [0.25, 0.3) is 5.91 Å². The first-order valence-electron chi connectivity index (χ1n) is 10.3. The predicted octanol–water partition coefficient (Wildman–Crippen LogP) is 4.30. The molecule has 2 N–H and O–H groups in total. The summed E-state index contributed by atoms with van der Waals surface area (Å²) in [5.41, 5.74) is 3.32. The summed E-state index contributed by atoms with van der Waals surface area (Å²) >= 11 is 1.29. The molecule has 1 atom stereocenters. The number of aryl methyl sites for hydroxylation is 2. The Balaban J connectivity index is 1.68. The van der Waals surface area contributed by atoms with Crippen LogP contribution in [0.1, 0.15) is 40.3 Å². The lowest BCUT2D eigenvalue weighted by molar-refractivity contribution is -0.113. The first kappa shape index (κ1) is 23.3. The van der Waals surface area contributed by atoms with E-state index in [-0.39, 0.29) is 23.6 Å². The van der Waals surface area contributed by atoms with Crippen molar-refractivity contribution < 1.29 is 9.59 Å². The maximum Gasteiger partial charge on any atom is 0.252 e. The van der Waals surface area contributed by atoms with Gasteiger partial charge in [-0.05, 0) is 44.0 Å². The molecule has 0 aliphatic carbocycles. The molecule has 0 saturated heterocycles. The van der Waals surface area contributed by atoms with Crippen molar-refractivity contribution in [2.75, 3.05) is 11.1 Å². The highest BCUT2D eigenvalue weighted by Crippen LogP contribution is 2.22.